The lowest BCUT2D eigenvalue weighted by Crippen LogP contribution is -2.64. The average Bonchev–Trinajstić information content (AvgIpc) is 2.89. The molecule has 3 N–H and O–H groups in total. The lowest BCUT2D eigenvalue weighted by molar-refractivity contribution is -0.163. The molecule has 0 aromatic carbocycles. The van der Waals surface area contributed by atoms with Crippen LogP contribution < -0.4 is 10.6 Å². The summed E-state index contributed by atoms with van der Waals surface area (Å²) in [5.41, 5.74) is -2.24. The highest BCUT2D eigenvalue weighted by molar-refractivity contribution is 6.45. The fourth-order valence-corrected chi connectivity index (χ4v) is 4.54. The molecular formula is C22H38BN3O7. The van der Waals surface area contributed by atoms with Gasteiger partial charge in [0, 0.05) is 32.9 Å². The van der Waals surface area contributed by atoms with E-state index in [1.807, 2.05) is 27.7 Å². The van der Waals surface area contributed by atoms with Crippen LogP contribution in [0.25, 0.3) is 0 Å². The first kappa shape index (κ1) is 27.1. The first-order valence-electron chi connectivity index (χ1n) is 11.6. The van der Waals surface area contributed by atoms with Gasteiger partial charge in [-0.25, -0.2) is 4.79 Å². The van der Waals surface area contributed by atoms with Gasteiger partial charge in [-0.05, 0) is 46.9 Å². The van der Waals surface area contributed by atoms with Gasteiger partial charge in [0.1, 0.15) is 5.54 Å². The first-order chi connectivity index (χ1) is 15.2. The van der Waals surface area contributed by atoms with E-state index in [4.69, 9.17) is 9.31 Å². The maximum Gasteiger partial charge on any atom is 0.457 e. The molecule has 0 bridgehead atoms. The van der Waals surface area contributed by atoms with Crippen molar-refractivity contribution in [2.45, 2.75) is 103 Å². The summed E-state index contributed by atoms with van der Waals surface area (Å²) in [6.07, 6.45) is 2.70. The third-order valence-electron chi connectivity index (χ3n) is 7.03. The molecule has 2 fully saturated rings. The van der Waals surface area contributed by atoms with Crippen molar-refractivity contribution in [3.05, 3.63) is 0 Å². The molecular weight excluding hydrogens is 429 g/mol. The molecule has 0 saturated carbocycles. The Morgan fingerprint density at radius 1 is 1.06 bits per heavy atom. The summed E-state index contributed by atoms with van der Waals surface area (Å²) >= 11 is 0. The quantitative estimate of drug-likeness (QED) is 0.344. The summed E-state index contributed by atoms with van der Waals surface area (Å²) in [6.45, 7) is 10.7. The molecule has 11 heteroatoms. The van der Waals surface area contributed by atoms with E-state index in [0.29, 0.717) is 25.6 Å². The average molecular weight is 467 g/mol. The maximum atomic E-state index is 12.4. The molecule has 0 aromatic rings. The Morgan fingerprint density at radius 3 is 2.18 bits per heavy atom. The largest absolute Gasteiger partial charge is 0.479 e. The molecule has 2 atom stereocenters. The Labute approximate surface area is 196 Å². The Balaban J connectivity index is 2.01. The zero-order valence-corrected chi connectivity index (χ0v) is 20.7. The van der Waals surface area contributed by atoms with E-state index in [1.165, 1.54) is 18.7 Å². The van der Waals surface area contributed by atoms with Crippen LogP contribution in [0.15, 0.2) is 0 Å². The lowest BCUT2D eigenvalue weighted by atomic mass is 9.77. The van der Waals surface area contributed by atoms with Crippen molar-refractivity contribution >= 4 is 30.8 Å². The summed E-state index contributed by atoms with van der Waals surface area (Å²) < 4.78 is 12.0. The van der Waals surface area contributed by atoms with Crippen molar-refractivity contribution in [1.82, 2.24) is 15.5 Å². The van der Waals surface area contributed by atoms with Crippen molar-refractivity contribution in [3.63, 3.8) is 0 Å². The van der Waals surface area contributed by atoms with Gasteiger partial charge >= 0.3 is 13.1 Å². The van der Waals surface area contributed by atoms with E-state index in [2.05, 4.69) is 10.6 Å². The number of hydrogen-bond acceptors (Lipinski definition) is 6. The number of likely N-dealkylation sites (tertiary alicyclic amines) is 1. The standard InChI is InChI=1S/C22H38BN3O7/c1-15(27)24-14-18(29)25-17-9-12-26(16(2)28)22(13-17,19(30)31)10-7-8-11-23-32-20(3,4)21(5,6)33-23/h17H,7-14H2,1-6H3,(H,24,27)(H,25,29)(H,30,31)/t17-,22+/m0/s1. The zero-order chi connectivity index (χ0) is 25.0. The molecule has 10 nitrogen and oxygen atoms in total. The maximum absolute atomic E-state index is 12.4. The predicted molar refractivity (Wildman–Crippen MR) is 122 cm³/mol. The van der Waals surface area contributed by atoms with E-state index in [-0.39, 0.29) is 50.8 Å². The minimum atomic E-state index is -1.40. The van der Waals surface area contributed by atoms with E-state index in [0.717, 1.165) is 0 Å². The van der Waals surface area contributed by atoms with Crippen LogP contribution >= 0.6 is 0 Å². The number of amides is 3. The Morgan fingerprint density at radius 2 is 1.67 bits per heavy atom. The number of piperidine rings is 1. The van der Waals surface area contributed by atoms with Crippen LogP contribution in [0.5, 0.6) is 0 Å². The van der Waals surface area contributed by atoms with Gasteiger partial charge in [-0.2, -0.15) is 0 Å². The van der Waals surface area contributed by atoms with Gasteiger partial charge < -0.3 is 29.9 Å². The number of carbonyl (C=O) groups excluding carboxylic acids is 3. The number of carboxylic acids is 1. The molecule has 0 spiro atoms. The van der Waals surface area contributed by atoms with Gasteiger partial charge in [-0.15, -0.1) is 0 Å². The molecule has 2 aliphatic rings. The van der Waals surface area contributed by atoms with Crippen LogP contribution in [-0.2, 0) is 28.5 Å². The Hall–Kier alpha value is -2.14. The van der Waals surface area contributed by atoms with E-state index < -0.39 is 28.8 Å². The van der Waals surface area contributed by atoms with Gasteiger partial charge in [-0.1, -0.05) is 12.8 Å². The molecule has 2 heterocycles. The molecule has 0 aromatic heterocycles. The minimum absolute atomic E-state index is 0.115. The van der Waals surface area contributed by atoms with Crippen molar-refractivity contribution < 1.29 is 33.6 Å². The highest BCUT2D eigenvalue weighted by Gasteiger charge is 2.51. The van der Waals surface area contributed by atoms with Crippen molar-refractivity contribution in [2.75, 3.05) is 13.1 Å². The van der Waals surface area contributed by atoms with Gasteiger partial charge in [0.2, 0.25) is 17.7 Å². The smallest absolute Gasteiger partial charge is 0.457 e. The zero-order valence-electron chi connectivity index (χ0n) is 20.7. The number of rotatable bonds is 9. The summed E-state index contributed by atoms with van der Waals surface area (Å²) in [7, 11) is -0.355. The second-order valence-electron chi connectivity index (χ2n) is 10.1. The van der Waals surface area contributed by atoms with Crippen molar-refractivity contribution in [3.8, 4) is 0 Å². The van der Waals surface area contributed by atoms with Crippen LogP contribution in [0.4, 0.5) is 0 Å². The van der Waals surface area contributed by atoms with Crippen LogP contribution in [0.2, 0.25) is 6.32 Å². The van der Waals surface area contributed by atoms with E-state index in [1.54, 1.807) is 0 Å². The topological polar surface area (TPSA) is 134 Å². The lowest BCUT2D eigenvalue weighted by Gasteiger charge is -2.46. The number of aliphatic carboxylic acids is 1. The first-order valence-corrected chi connectivity index (χ1v) is 11.6. The van der Waals surface area contributed by atoms with Crippen LogP contribution in [0.1, 0.15) is 73.6 Å². The Kier molecular flexibility index (Phi) is 8.56. The second kappa shape index (κ2) is 10.4. The van der Waals surface area contributed by atoms with Crippen molar-refractivity contribution in [2.24, 2.45) is 0 Å². The predicted octanol–water partition coefficient (Wildman–Crippen LogP) is 1.34. The van der Waals surface area contributed by atoms with Gasteiger partial charge in [-0.3, -0.25) is 14.4 Å². The molecule has 33 heavy (non-hydrogen) atoms. The van der Waals surface area contributed by atoms with Crippen LogP contribution in [-0.4, -0.2) is 76.7 Å². The molecule has 186 valence electrons. The molecule has 0 aliphatic carbocycles. The molecule has 2 rings (SSSR count). The van der Waals surface area contributed by atoms with Crippen molar-refractivity contribution in [1.29, 1.82) is 0 Å². The normalized spacial score (nSPS) is 26.1. The Bertz CT molecular complexity index is 757. The molecule has 0 unspecified atom stereocenters. The highest BCUT2D eigenvalue weighted by Crippen LogP contribution is 2.39. The number of unbranched alkanes of at least 4 members (excludes halogenated alkanes) is 1. The van der Waals surface area contributed by atoms with E-state index in [9.17, 15) is 24.3 Å². The fraction of sp³-hybridized carbons (Fsp3) is 0.818. The fourth-order valence-electron chi connectivity index (χ4n) is 4.54. The number of nitrogens with zero attached hydrogens (tertiary/aromatic N) is 1. The van der Waals surface area contributed by atoms with Crippen LogP contribution in [0, 0.1) is 0 Å². The summed E-state index contributed by atoms with van der Waals surface area (Å²) in [5, 5.41) is 15.4. The summed E-state index contributed by atoms with van der Waals surface area (Å²) in [6, 6.07) is -0.402. The number of carbonyl (C=O) groups is 4. The van der Waals surface area contributed by atoms with Crippen LogP contribution in [0.3, 0.4) is 0 Å². The van der Waals surface area contributed by atoms with Gasteiger partial charge in [0.15, 0.2) is 0 Å². The number of nitrogens with one attached hydrogen (secondary N) is 2. The molecule has 2 aliphatic heterocycles. The highest BCUT2D eigenvalue weighted by atomic mass is 16.7. The van der Waals surface area contributed by atoms with Gasteiger partial charge in [0.05, 0.1) is 17.7 Å². The summed E-state index contributed by atoms with van der Waals surface area (Å²) in [5.74, 6) is -2.08. The third kappa shape index (κ3) is 6.47. The molecule has 0 radical (unpaired) electrons. The SMILES string of the molecule is CC(=O)NCC(=O)N[C@H]1CCN(C(C)=O)[C@@](CCCCB2OC(C)(C)C(C)(C)O2)(C(=O)O)C1. The number of hydrogen-bond donors (Lipinski definition) is 3. The van der Waals surface area contributed by atoms with Gasteiger partial charge in [0.25, 0.3) is 0 Å². The molecule has 2 saturated heterocycles. The summed E-state index contributed by atoms with van der Waals surface area (Å²) in [4.78, 5) is 49.3. The third-order valence-corrected chi connectivity index (χ3v) is 7.03. The second-order valence-corrected chi connectivity index (χ2v) is 10.1. The van der Waals surface area contributed by atoms with E-state index >= 15 is 0 Å². The monoisotopic (exact) mass is 467 g/mol. The number of carboxylic acid groups (broad SMARTS) is 1. The molecule has 3 amide bonds. The minimum Gasteiger partial charge on any atom is -0.479 e.